The molecule has 1 aromatic carbocycles. The summed E-state index contributed by atoms with van der Waals surface area (Å²) in [4.78, 5) is 13.3. The van der Waals surface area contributed by atoms with E-state index in [1.165, 1.54) is 4.90 Å². The van der Waals surface area contributed by atoms with E-state index in [1.807, 2.05) is 0 Å². The van der Waals surface area contributed by atoms with E-state index in [-0.39, 0.29) is 25.3 Å². The zero-order valence-corrected chi connectivity index (χ0v) is 11.3. The van der Waals surface area contributed by atoms with Crippen molar-refractivity contribution in [2.45, 2.75) is 19.0 Å². The number of benzene rings is 1. The molecule has 0 saturated carbocycles. The molecule has 1 rings (SSSR count). The van der Waals surface area contributed by atoms with Gasteiger partial charge in [0.2, 0.25) is 0 Å². The molecule has 0 spiro atoms. The maximum absolute atomic E-state index is 12.0. The van der Waals surface area contributed by atoms with E-state index in [0.29, 0.717) is 10.6 Å². The van der Waals surface area contributed by atoms with Gasteiger partial charge in [0.25, 0.3) is 0 Å². The van der Waals surface area contributed by atoms with Gasteiger partial charge in [0.1, 0.15) is 0 Å². The van der Waals surface area contributed by atoms with Crippen molar-refractivity contribution in [3.8, 4) is 0 Å². The van der Waals surface area contributed by atoms with E-state index < -0.39 is 12.6 Å². The zero-order valence-electron chi connectivity index (χ0n) is 10.5. The number of carbonyl (C=O) groups is 1. The molecule has 0 heterocycles. The fourth-order valence-electron chi connectivity index (χ4n) is 1.54. The van der Waals surface area contributed by atoms with Crippen LogP contribution >= 0.6 is 11.6 Å². The van der Waals surface area contributed by atoms with Crippen LogP contribution in [0, 0.1) is 0 Å². The van der Waals surface area contributed by atoms with Crippen molar-refractivity contribution in [2.24, 2.45) is 0 Å². The summed E-state index contributed by atoms with van der Waals surface area (Å²) in [5, 5.41) is 0.366. The van der Waals surface area contributed by atoms with E-state index in [1.54, 1.807) is 31.3 Å². The Morgan fingerprint density at radius 2 is 1.89 bits per heavy atom. The minimum Gasteiger partial charge on any atom is -0.306 e. The van der Waals surface area contributed by atoms with Gasteiger partial charge in [-0.2, -0.15) is 13.2 Å². The zero-order chi connectivity index (χ0) is 14.5. The molecule has 0 radical (unpaired) electrons. The summed E-state index contributed by atoms with van der Waals surface area (Å²) < 4.78 is 36.1. The average molecular weight is 294 g/mol. The number of Topliss-reactive ketones (excluding diaryl/α,β-unsaturated/α-hetero) is 1. The third-order valence-corrected chi connectivity index (χ3v) is 3.00. The van der Waals surface area contributed by atoms with Crippen molar-refractivity contribution in [1.82, 2.24) is 4.90 Å². The Balaban J connectivity index is 2.41. The molecule has 1 aromatic rings. The summed E-state index contributed by atoms with van der Waals surface area (Å²) in [6.07, 6.45) is -4.89. The second kappa shape index (κ2) is 6.91. The van der Waals surface area contributed by atoms with Crippen LogP contribution in [0.1, 0.15) is 23.2 Å². The molecule has 0 aromatic heterocycles. The van der Waals surface area contributed by atoms with Crippen molar-refractivity contribution < 1.29 is 18.0 Å². The maximum Gasteiger partial charge on any atom is 0.390 e. The summed E-state index contributed by atoms with van der Waals surface area (Å²) in [6.45, 7) is 0.166. The fourth-order valence-corrected chi connectivity index (χ4v) is 1.78. The van der Waals surface area contributed by atoms with Crippen LogP contribution in [-0.2, 0) is 0 Å². The van der Waals surface area contributed by atoms with Crippen LogP contribution in [0.3, 0.4) is 0 Å². The lowest BCUT2D eigenvalue weighted by Crippen LogP contribution is -2.26. The molecular formula is C13H15ClF3NO. The Kier molecular flexibility index (Phi) is 5.82. The maximum atomic E-state index is 12.0. The normalized spacial score (nSPS) is 11.9. The Hall–Kier alpha value is -1.07. The molecule has 0 N–H and O–H groups in total. The highest BCUT2D eigenvalue weighted by Crippen LogP contribution is 2.20. The van der Waals surface area contributed by atoms with Gasteiger partial charge < -0.3 is 4.90 Å². The molecule has 0 aliphatic heterocycles. The van der Waals surface area contributed by atoms with Crippen LogP contribution in [0.25, 0.3) is 0 Å². The lowest BCUT2D eigenvalue weighted by Gasteiger charge is -2.17. The number of rotatable bonds is 6. The molecule has 0 aliphatic carbocycles. The van der Waals surface area contributed by atoms with Crippen LogP contribution in [0.2, 0.25) is 5.02 Å². The first-order chi connectivity index (χ1) is 8.79. The van der Waals surface area contributed by atoms with Crippen LogP contribution in [-0.4, -0.2) is 37.0 Å². The topological polar surface area (TPSA) is 20.3 Å². The number of hydrogen-bond donors (Lipinski definition) is 0. The van der Waals surface area contributed by atoms with Crippen molar-refractivity contribution in [3.05, 3.63) is 34.9 Å². The standard InChI is InChI=1S/C13H15ClF3NO/c1-18(9-7-13(15,16)17)8-6-12(19)10-4-2-3-5-11(10)14/h2-5H,6-9H2,1H3. The molecule has 6 heteroatoms. The number of carbonyl (C=O) groups excluding carboxylic acids is 1. The highest BCUT2D eigenvalue weighted by atomic mass is 35.5. The summed E-state index contributed by atoms with van der Waals surface area (Å²) in [5.74, 6) is -0.163. The Labute approximate surface area is 115 Å². The van der Waals surface area contributed by atoms with Crippen molar-refractivity contribution >= 4 is 17.4 Å². The second-order valence-electron chi connectivity index (χ2n) is 4.32. The lowest BCUT2D eigenvalue weighted by atomic mass is 10.1. The summed E-state index contributed by atoms with van der Waals surface area (Å²) in [7, 11) is 1.56. The first kappa shape index (κ1) is 16.0. The van der Waals surface area contributed by atoms with Gasteiger partial charge in [0, 0.05) is 25.1 Å². The summed E-state index contributed by atoms with van der Waals surface area (Å²) >= 11 is 5.87. The third kappa shape index (κ3) is 6.07. The van der Waals surface area contributed by atoms with Gasteiger partial charge in [0.15, 0.2) is 5.78 Å². The third-order valence-electron chi connectivity index (χ3n) is 2.67. The largest absolute Gasteiger partial charge is 0.390 e. The van der Waals surface area contributed by atoms with Gasteiger partial charge in [0.05, 0.1) is 11.4 Å². The van der Waals surface area contributed by atoms with Crippen molar-refractivity contribution in [3.63, 3.8) is 0 Å². The van der Waals surface area contributed by atoms with Crippen LogP contribution < -0.4 is 0 Å². The Morgan fingerprint density at radius 1 is 1.26 bits per heavy atom. The van der Waals surface area contributed by atoms with Crippen LogP contribution in [0.4, 0.5) is 13.2 Å². The minimum absolute atomic E-state index is 0.112. The number of nitrogens with zero attached hydrogens (tertiary/aromatic N) is 1. The molecule has 0 fully saturated rings. The minimum atomic E-state index is -4.17. The Bertz CT molecular complexity index is 434. The highest BCUT2D eigenvalue weighted by Gasteiger charge is 2.27. The molecule has 0 bridgehead atoms. The summed E-state index contributed by atoms with van der Waals surface area (Å²) in [6, 6.07) is 6.64. The highest BCUT2D eigenvalue weighted by molar-refractivity contribution is 6.33. The molecule has 19 heavy (non-hydrogen) atoms. The molecule has 0 amide bonds. The van der Waals surface area contributed by atoms with Gasteiger partial charge in [-0.05, 0) is 19.2 Å². The van der Waals surface area contributed by atoms with E-state index >= 15 is 0 Å². The molecular weight excluding hydrogens is 279 g/mol. The van der Waals surface area contributed by atoms with Gasteiger partial charge >= 0.3 is 6.18 Å². The average Bonchev–Trinajstić information content (AvgIpc) is 2.33. The van der Waals surface area contributed by atoms with Crippen LogP contribution in [0.5, 0.6) is 0 Å². The number of ketones is 1. The van der Waals surface area contributed by atoms with Gasteiger partial charge in [-0.3, -0.25) is 4.79 Å². The molecule has 106 valence electrons. The van der Waals surface area contributed by atoms with Crippen molar-refractivity contribution in [2.75, 3.05) is 20.1 Å². The first-order valence-corrected chi connectivity index (χ1v) is 6.20. The fraction of sp³-hybridized carbons (Fsp3) is 0.462. The number of alkyl halides is 3. The predicted molar refractivity (Wildman–Crippen MR) is 68.6 cm³/mol. The van der Waals surface area contributed by atoms with E-state index in [9.17, 15) is 18.0 Å². The molecule has 0 saturated heterocycles. The molecule has 2 nitrogen and oxygen atoms in total. The quantitative estimate of drug-likeness (QED) is 0.744. The molecule has 0 aliphatic rings. The number of hydrogen-bond acceptors (Lipinski definition) is 2. The lowest BCUT2D eigenvalue weighted by molar-refractivity contribution is -0.137. The van der Waals surface area contributed by atoms with Crippen molar-refractivity contribution in [1.29, 1.82) is 0 Å². The second-order valence-corrected chi connectivity index (χ2v) is 4.73. The van der Waals surface area contributed by atoms with E-state index in [4.69, 9.17) is 11.6 Å². The number of halogens is 4. The van der Waals surface area contributed by atoms with E-state index in [0.717, 1.165) is 0 Å². The predicted octanol–water partition coefficient (Wildman–Crippen LogP) is 3.80. The Morgan fingerprint density at radius 3 is 2.47 bits per heavy atom. The monoisotopic (exact) mass is 293 g/mol. The SMILES string of the molecule is CN(CCC(=O)c1ccccc1Cl)CCC(F)(F)F. The molecule has 0 atom stereocenters. The van der Waals surface area contributed by atoms with Crippen LogP contribution in [0.15, 0.2) is 24.3 Å². The first-order valence-electron chi connectivity index (χ1n) is 5.82. The smallest absolute Gasteiger partial charge is 0.306 e. The summed E-state index contributed by atoms with van der Waals surface area (Å²) in [5.41, 5.74) is 0.411. The van der Waals surface area contributed by atoms with Gasteiger partial charge in [-0.25, -0.2) is 0 Å². The molecule has 0 unspecified atom stereocenters. The van der Waals surface area contributed by atoms with Gasteiger partial charge in [-0.15, -0.1) is 0 Å². The van der Waals surface area contributed by atoms with E-state index in [2.05, 4.69) is 0 Å². The van der Waals surface area contributed by atoms with Gasteiger partial charge in [-0.1, -0.05) is 23.7 Å².